The van der Waals surface area contributed by atoms with Gasteiger partial charge in [-0.05, 0) is 11.6 Å². The number of nitriles is 1. The van der Waals surface area contributed by atoms with Crippen molar-refractivity contribution in [3.8, 4) is 6.07 Å². The quantitative estimate of drug-likeness (QED) is 0.422. The van der Waals surface area contributed by atoms with E-state index in [0.717, 1.165) is 5.56 Å². The van der Waals surface area contributed by atoms with E-state index in [1.54, 1.807) is 12.2 Å². The van der Waals surface area contributed by atoms with Crippen molar-refractivity contribution in [3.63, 3.8) is 0 Å². The summed E-state index contributed by atoms with van der Waals surface area (Å²) in [4.78, 5) is 11.4. The summed E-state index contributed by atoms with van der Waals surface area (Å²) in [5.41, 5.74) is 0.997. The lowest BCUT2D eigenvalue weighted by molar-refractivity contribution is -0.114. The van der Waals surface area contributed by atoms with Crippen molar-refractivity contribution in [2.75, 3.05) is 0 Å². The van der Waals surface area contributed by atoms with Crippen LogP contribution < -0.4 is 0 Å². The first-order valence-electron chi connectivity index (χ1n) is 4.62. The summed E-state index contributed by atoms with van der Waals surface area (Å²) in [5, 5.41) is 8.21. The van der Waals surface area contributed by atoms with Crippen LogP contribution in [0.2, 0.25) is 0 Å². The molecule has 0 fully saturated rings. The number of allylic oxidation sites excluding steroid dienone is 4. The van der Waals surface area contributed by atoms with Crippen molar-refractivity contribution in [1.29, 1.82) is 5.26 Å². The molecule has 0 aliphatic rings. The van der Waals surface area contributed by atoms with E-state index in [0.29, 0.717) is 6.42 Å². The third-order valence-corrected chi connectivity index (χ3v) is 1.79. The zero-order valence-electron chi connectivity index (χ0n) is 8.26. The second-order valence-electron chi connectivity index (χ2n) is 2.98. The van der Waals surface area contributed by atoms with Crippen LogP contribution in [0.1, 0.15) is 5.56 Å². The molecule has 0 saturated heterocycles. The average Bonchev–Trinajstić information content (AvgIpc) is 2.26. The SMILES string of the molecule is N#C/C=C/C=C/C(=O)Cc1ccccc1. The monoisotopic (exact) mass is 197 g/mol. The summed E-state index contributed by atoms with van der Waals surface area (Å²) in [5.74, 6) is 0.0313. The lowest BCUT2D eigenvalue weighted by Crippen LogP contribution is -1.97. The number of nitrogens with zero attached hydrogens (tertiary/aromatic N) is 1. The van der Waals surface area contributed by atoms with E-state index in [2.05, 4.69) is 0 Å². The third-order valence-electron chi connectivity index (χ3n) is 1.79. The van der Waals surface area contributed by atoms with Crippen molar-refractivity contribution in [2.45, 2.75) is 6.42 Å². The van der Waals surface area contributed by atoms with Crippen LogP contribution in [-0.2, 0) is 11.2 Å². The maximum absolute atomic E-state index is 11.4. The lowest BCUT2D eigenvalue weighted by atomic mass is 10.1. The van der Waals surface area contributed by atoms with Crippen LogP contribution in [-0.4, -0.2) is 5.78 Å². The number of rotatable bonds is 4. The highest BCUT2D eigenvalue weighted by molar-refractivity contribution is 5.91. The van der Waals surface area contributed by atoms with Gasteiger partial charge in [0.1, 0.15) is 0 Å². The van der Waals surface area contributed by atoms with E-state index >= 15 is 0 Å². The Kier molecular flexibility index (Phi) is 4.62. The van der Waals surface area contributed by atoms with Crippen molar-refractivity contribution in [1.82, 2.24) is 0 Å². The topological polar surface area (TPSA) is 40.9 Å². The van der Waals surface area contributed by atoms with Crippen molar-refractivity contribution < 1.29 is 4.79 Å². The molecule has 1 aromatic rings. The first-order valence-corrected chi connectivity index (χ1v) is 4.62. The number of carbonyl (C=O) groups is 1. The summed E-state index contributed by atoms with van der Waals surface area (Å²) < 4.78 is 0. The predicted octanol–water partition coefficient (Wildman–Crippen LogP) is 2.43. The number of ketones is 1. The molecule has 2 heteroatoms. The summed E-state index contributed by atoms with van der Waals surface area (Å²) in [6.07, 6.45) is 6.32. The summed E-state index contributed by atoms with van der Waals surface area (Å²) in [7, 11) is 0. The van der Waals surface area contributed by atoms with E-state index in [1.165, 1.54) is 12.2 Å². The van der Waals surface area contributed by atoms with Gasteiger partial charge in [-0.25, -0.2) is 0 Å². The molecule has 0 heterocycles. The van der Waals surface area contributed by atoms with Gasteiger partial charge in [0.2, 0.25) is 0 Å². The molecule has 2 nitrogen and oxygen atoms in total. The predicted molar refractivity (Wildman–Crippen MR) is 59.0 cm³/mol. The molecule has 74 valence electrons. The molecule has 0 aromatic heterocycles. The lowest BCUT2D eigenvalue weighted by Gasteiger charge is -1.95. The maximum atomic E-state index is 11.4. The van der Waals surface area contributed by atoms with Gasteiger partial charge in [-0.1, -0.05) is 42.5 Å². The molecule has 0 atom stereocenters. The fourth-order valence-corrected chi connectivity index (χ4v) is 1.12. The van der Waals surface area contributed by atoms with Crippen LogP contribution in [0.3, 0.4) is 0 Å². The van der Waals surface area contributed by atoms with Crippen LogP contribution in [0.15, 0.2) is 54.6 Å². The normalized spacial score (nSPS) is 10.6. The van der Waals surface area contributed by atoms with Crippen LogP contribution in [0.5, 0.6) is 0 Å². The van der Waals surface area contributed by atoms with Crippen molar-refractivity contribution in [3.05, 3.63) is 60.2 Å². The molecule has 1 aromatic carbocycles. The average molecular weight is 197 g/mol. The van der Waals surface area contributed by atoms with Gasteiger partial charge in [0.25, 0.3) is 0 Å². The van der Waals surface area contributed by atoms with Gasteiger partial charge in [-0.15, -0.1) is 0 Å². The van der Waals surface area contributed by atoms with Gasteiger partial charge in [0.15, 0.2) is 5.78 Å². The minimum atomic E-state index is 0.0313. The van der Waals surface area contributed by atoms with Crippen LogP contribution >= 0.6 is 0 Å². The molecular weight excluding hydrogens is 186 g/mol. The van der Waals surface area contributed by atoms with Gasteiger partial charge in [0.05, 0.1) is 6.07 Å². The highest BCUT2D eigenvalue weighted by Gasteiger charge is 1.97. The van der Waals surface area contributed by atoms with Gasteiger partial charge >= 0.3 is 0 Å². The highest BCUT2D eigenvalue weighted by Crippen LogP contribution is 2.00. The number of hydrogen-bond acceptors (Lipinski definition) is 2. The molecule has 0 N–H and O–H groups in total. The van der Waals surface area contributed by atoms with Crippen molar-refractivity contribution >= 4 is 5.78 Å². The zero-order valence-corrected chi connectivity index (χ0v) is 8.26. The number of hydrogen-bond donors (Lipinski definition) is 0. The molecule has 0 aliphatic heterocycles. The van der Waals surface area contributed by atoms with Crippen molar-refractivity contribution in [2.24, 2.45) is 0 Å². The van der Waals surface area contributed by atoms with E-state index in [9.17, 15) is 4.79 Å². The molecule has 0 aliphatic carbocycles. The number of benzene rings is 1. The van der Waals surface area contributed by atoms with Crippen LogP contribution in [0.25, 0.3) is 0 Å². The molecule has 0 spiro atoms. The molecule has 0 amide bonds. The molecule has 0 radical (unpaired) electrons. The Morgan fingerprint density at radius 2 is 2.00 bits per heavy atom. The Morgan fingerprint density at radius 1 is 1.27 bits per heavy atom. The maximum Gasteiger partial charge on any atom is 0.160 e. The Morgan fingerprint density at radius 3 is 2.67 bits per heavy atom. The van der Waals surface area contributed by atoms with Gasteiger partial charge in [-0.2, -0.15) is 5.26 Å². The first-order chi connectivity index (χ1) is 7.33. The van der Waals surface area contributed by atoms with E-state index in [1.807, 2.05) is 36.4 Å². The summed E-state index contributed by atoms with van der Waals surface area (Å²) >= 11 is 0. The molecule has 1 rings (SSSR count). The third kappa shape index (κ3) is 4.58. The van der Waals surface area contributed by atoms with Crippen LogP contribution in [0, 0.1) is 11.3 Å². The minimum Gasteiger partial charge on any atom is -0.294 e. The van der Waals surface area contributed by atoms with Gasteiger partial charge in [-0.3, -0.25) is 4.79 Å². The second kappa shape index (κ2) is 6.33. The largest absolute Gasteiger partial charge is 0.294 e. The van der Waals surface area contributed by atoms with Gasteiger partial charge < -0.3 is 0 Å². The molecule has 0 saturated carbocycles. The van der Waals surface area contributed by atoms with E-state index < -0.39 is 0 Å². The Bertz CT molecular complexity index is 410. The second-order valence-corrected chi connectivity index (χ2v) is 2.98. The Balaban J connectivity index is 2.47. The highest BCUT2D eigenvalue weighted by atomic mass is 16.1. The zero-order chi connectivity index (χ0) is 10.9. The molecule has 15 heavy (non-hydrogen) atoms. The number of carbonyl (C=O) groups excluding carboxylic acids is 1. The van der Waals surface area contributed by atoms with Gasteiger partial charge in [0, 0.05) is 12.5 Å². The first kappa shape index (κ1) is 10.9. The fourth-order valence-electron chi connectivity index (χ4n) is 1.12. The molecule has 0 bridgehead atoms. The van der Waals surface area contributed by atoms with E-state index in [4.69, 9.17) is 5.26 Å². The minimum absolute atomic E-state index is 0.0313. The Hall–Kier alpha value is -2.14. The van der Waals surface area contributed by atoms with E-state index in [-0.39, 0.29) is 5.78 Å². The molecule has 0 unspecified atom stereocenters. The van der Waals surface area contributed by atoms with Crippen LogP contribution in [0.4, 0.5) is 0 Å². The standard InChI is InChI=1S/C13H11NO/c14-10-6-2-5-9-13(15)11-12-7-3-1-4-8-12/h1-9H,11H2/b6-2+,9-5+. The fraction of sp³-hybridized carbons (Fsp3) is 0.0769. The molecular formula is C13H11NO. The summed E-state index contributed by atoms with van der Waals surface area (Å²) in [6.45, 7) is 0. The summed E-state index contributed by atoms with van der Waals surface area (Å²) in [6, 6.07) is 11.4. The smallest absolute Gasteiger partial charge is 0.160 e. The Labute approximate surface area is 89.2 Å².